The number of halogens is 1. The van der Waals surface area contributed by atoms with Gasteiger partial charge in [0.05, 0.1) is 0 Å². The van der Waals surface area contributed by atoms with Gasteiger partial charge in [-0.3, -0.25) is 0 Å². The smallest absolute Gasteiger partial charge is 0.123 e. The van der Waals surface area contributed by atoms with E-state index >= 15 is 0 Å². The predicted molar refractivity (Wildman–Crippen MR) is 120 cm³/mol. The number of benzene rings is 2. The summed E-state index contributed by atoms with van der Waals surface area (Å²) in [4.78, 5) is 0. The zero-order valence-corrected chi connectivity index (χ0v) is 17.7. The van der Waals surface area contributed by atoms with Crippen molar-refractivity contribution < 1.29 is 4.39 Å². The van der Waals surface area contributed by atoms with Crippen molar-refractivity contribution in [3.8, 4) is 0 Å². The SMILES string of the molecule is C=C(c1ccc(F)cc1)c1cc(C)c([C@H](CC)CCCCCCC)cc1C=N. The van der Waals surface area contributed by atoms with E-state index in [1.807, 2.05) is 0 Å². The monoisotopic (exact) mass is 379 g/mol. The van der Waals surface area contributed by atoms with Crippen LogP contribution in [0.3, 0.4) is 0 Å². The van der Waals surface area contributed by atoms with Gasteiger partial charge in [0.25, 0.3) is 0 Å². The zero-order chi connectivity index (χ0) is 20.5. The molecule has 0 unspecified atom stereocenters. The van der Waals surface area contributed by atoms with Gasteiger partial charge in [-0.25, -0.2) is 4.39 Å². The van der Waals surface area contributed by atoms with E-state index in [2.05, 4.69) is 39.5 Å². The Morgan fingerprint density at radius 3 is 2.36 bits per heavy atom. The first kappa shape index (κ1) is 22.1. The van der Waals surface area contributed by atoms with Crippen LogP contribution in [0.4, 0.5) is 4.39 Å². The Kier molecular flexibility index (Phi) is 8.63. The fraction of sp³-hybridized carbons (Fsp3) is 0.423. The third kappa shape index (κ3) is 5.64. The van der Waals surface area contributed by atoms with Crippen LogP contribution in [-0.4, -0.2) is 6.21 Å². The summed E-state index contributed by atoms with van der Waals surface area (Å²) in [7, 11) is 0. The van der Waals surface area contributed by atoms with E-state index in [4.69, 9.17) is 5.41 Å². The molecule has 0 fully saturated rings. The summed E-state index contributed by atoms with van der Waals surface area (Å²) in [6.45, 7) is 10.9. The van der Waals surface area contributed by atoms with E-state index in [1.54, 1.807) is 12.1 Å². The van der Waals surface area contributed by atoms with E-state index < -0.39 is 0 Å². The Balaban J connectivity index is 2.25. The summed E-state index contributed by atoms with van der Waals surface area (Å²) in [6, 6.07) is 10.7. The Labute approximate surface area is 170 Å². The summed E-state index contributed by atoms with van der Waals surface area (Å²) < 4.78 is 13.2. The molecule has 2 aromatic carbocycles. The van der Waals surface area contributed by atoms with Crippen molar-refractivity contribution in [1.82, 2.24) is 0 Å². The third-order valence-electron chi connectivity index (χ3n) is 5.70. The summed E-state index contributed by atoms with van der Waals surface area (Å²) in [5.41, 5.74) is 6.18. The Morgan fingerprint density at radius 1 is 1.07 bits per heavy atom. The minimum atomic E-state index is -0.250. The number of hydrogen-bond donors (Lipinski definition) is 1. The number of hydrogen-bond acceptors (Lipinski definition) is 1. The van der Waals surface area contributed by atoms with Gasteiger partial charge in [-0.1, -0.05) is 70.7 Å². The van der Waals surface area contributed by atoms with Crippen molar-refractivity contribution in [3.63, 3.8) is 0 Å². The molecule has 2 aromatic rings. The molecule has 0 amide bonds. The van der Waals surface area contributed by atoms with Crippen LogP contribution in [0.15, 0.2) is 43.0 Å². The quantitative estimate of drug-likeness (QED) is 0.302. The second kappa shape index (κ2) is 10.9. The molecule has 0 radical (unpaired) electrons. The molecule has 0 saturated heterocycles. The lowest BCUT2D eigenvalue weighted by Crippen LogP contribution is -2.04. The van der Waals surface area contributed by atoms with Crippen molar-refractivity contribution in [2.45, 2.75) is 71.6 Å². The maximum atomic E-state index is 13.2. The summed E-state index contributed by atoms with van der Waals surface area (Å²) in [6.07, 6.45) is 10.2. The van der Waals surface area contributed by atoms with Gasteiger partial charge in [0.15, 0.2) is 0 Å². The van der Waals surface area contributed by atoms with Crippen LogP contribution < -0.4 is 0 Å². The fourth-order valence-electron chi connectivity index (χ4n) is 3.94. The number of unbranched alkanes of at least 4 members (excludes halogenated alkanes) is 4. The van der Waals surface area contributed by atoms with Gasteiger partial charge in [-0.2, -0.15) is 0 Å². The van der Waals surface area contributed by atoms with Gasteiger partial charge in [0.2, 0.25) is 0 Å². The fourth-order valence-corrected chi connectivity index (χ4v) is 3.94. The predicted octanol–water partition coefficient (Wildman–Crippen LogP) is 8.05. The summed E-state index contributed by atoms with van der Waals surface area (Å²) >= 11 is 0. The van der Waals surface area contributed by atoms with Gasteiger partial charge in [-0.15, -0.1) is 0 Å². The van der Waals surface area contributed by atoms with Crippen LogP contribution in [-0.2, 0) is 0 Å². The summed E-state index contributed by atoms with van der Waals surface area (Å²) in [5, 5.41) is 7.93. The molecule has 0 aliphatic rings. The van der Waals surface area contributed by atoms with E-state index in [9.17, 15) is 4.39 Å². The lowest BCUT2D eigenvalue weighted by atomic mass is 9.84. The molecule has 0 heterocycles. The molecule has 0 bridgehead atoms. The number of rotatable bonds is 11. The molecule has 0 saturated carbocycles. The number of aryl methyl sites for hydroxylation is 1. The third-order valence-corrected chi connectivity index (χ3v) is 5.70. The Hall–Kier alpha value is -2.22. The lowest BCUT2D eigenvalue weighted by Gasteiger charge is -2.21. The molecule has 1 atom stereocenters. The van der Waals surface area contributed by atoms with E-state index in [0.717, 1.165) is 28.7 Å². The first-order valence-electron chi connectivity index (χ1n) is 10.6. The maximum Gasteiger partial charge on any atom is 0.123 e. The topological polar surface area (TPSA) is 23.9 Å². The van der Waals surface area contributed by atoms with E-state index in [-0.39, 0.29) is 5.82 Å². The molecule has 0 spiro atoms. The minimum absolute atomic E-state index is 0.250. The Bertz CT molecular complexity index is 789. The van der Waals surface area contributed by atoms with Crippen molar-refractivity contribution in [1.29, 1.82) is 5.41 Å². The standard InChI is InChI=1S/C26H34FN/c1-5-7-8-9-10-11-21(6-2)25-17-23(18-28)26(16-19(25)3)20(4)22-12-14-24(27)15-13-22/h12-18,21,28H,4-11H2,1-3H3/t21-/m1/s1. The van der Waals surface area contributed by atoms with E-state index in [1.165, 1.54) is 68.0 Å². The van der Waals surface area contributed by atoms with Gasteiger partial charge < -0.3 is 5.41 Å². The molecule has 0 aromatic heterocycles. The zero-order valence-electron chi connectivity index (χ0n) is 17.7. The molecule has 28 heavy (non-hydrogen) atoms. The average molecular weight is 380 g/mol. The van der Waals surface area contributed by atoms with Gasteiger partial charge in [0, 0.05) is 11.8 Å². The van der Waals surface area contributed by atoms with Crippen LogP contribution in [0.2, 0.25) is 0 Å². The highest BCUT2D eigenvalue weighted by Crippen LogP contribution is 2.33. The molecule has 2 rings (SSSR count). The van der Waals surface area contributed by atoms with Crippen LogP contribution >= 0.6 is 0 Å². The van der Waals surface area contributed by atoms with Gasteiger partial charge in [-0.05, 0) is 71.7 Å². The average Bonchev–Trinajstić information content (AvgIpc) is 2.71. The number of nitrogens with one attached hydrogen (secondary N) is 1. The van der Waals surface area contributed by atoms with Gasteiger partial charge >= 0.3 is 0 Å². The molecular weight excluding hydrogens is 345 g/mol. The first-order valence-corrected chi connectivity index (χ1v) is 10.6. The molecule has 1 N–H and O–H groups in total. The van der Waals surface area contributed by atoms with E-state index in [0.29, 0.717) is 5.92 Å². The normalized spacial score (nSPS) is 12.0. The molecule has 150 valence electrons. The highest BCUT2D eigenvalue weighted by Gasteiger charge is 2.16. The van der Waals surface area contributed by atoms with Crippen molar-refractivity contribution >= 4 is 11.8 Å². The second-order valence-electron chi connectivity index (χ2n) is 7.73. The maximum absolute atomic E-state index is 13.2. The first-order chi connectivity index (χ1) is 13.5. The largest absolute Gasteiger partial charge is 0.308 e. The van der Waals surface area contributed by atoms with Crippen molar-refractivity contribution in [2.24, 2.45) is 0 Å². The van der Waals surface area contributed by atoms with Crippen LogP contribution in [0.5, 0.6) is 0 Å². The minimum Gasteiger partial charge on any atom is -0.308 e. The van der Waals surface area contributed by atoms with Crippen LogP contribution in [0.1, 0.15) is 92.5 Å². The molecule has 1 nitrogen and oxygen atoms in total. The van der Waals surface area contributed by atoms with Crippen LogP contribution in [0, 0.1) is 18.2 Å². The molecular formula is C26H34FN. The molecule has 0 aliphatic carbocycles. The Morgan fingerprint density at radius 2 is 1.75 bits per heavy atom. The van der Waals surface area contributed by atoms with Gasteiger partial charge in [0.1, 0.15) is 5.82 Å². The second-order valence-corrected chi connectivity index (χ2v) is 7.73. The highest BCUT2D eigenvalue weighted by molar-refractivity contribution is 5.91. The van der Waals surface area contributed by atoms with Crippen molar-refractivity contribution in [3.05, 3.63) is 76.6 Å². The van der Waals surface area contributed by atoms with Crippen molar-refractivity contribution in [2.75, 3.05) is 0 Å². The molecule has 0 aliphatic heterocycles. The lowest BCUT2D eigenvalue weighted by molar-refractivity contribution is 0.533. The summed E-state index contributed by atoms with van der Waals surface area (Å²) in [5.74, 6) is 0.286. The highest BCUT2D eigenvalue weighted by atomic mass is 19.1. The molecule has 2 heteroatoms. The van der Waals surface area contributed by atoms with Crippen LogP contribution in [0.25, 0.3) is 5.57 Å².